The number of carbonyl (C=O) groups is 3. The molecule has 1 aromatic rings. The van der Waals surface area contributed by atoms with Crippen molar-refractivity contribution < 1.29 is 33.4 Å². The fourth-order valence-electron chi connectivity index (χ4n) is 4.86. The first-order chi connectivity index (χ1) is 16.1. The molecule has 34 heavy (non-hydrogen) atoms. The standard InChI is InChI=1S/C26H29NO7/c1-6-32-23(29)18-13-20-17(14-22(28)34-25(2,3)4)16(18)11-12-26(20)19-9-7-8-10-21(19)27(24(26)30)33-15-31-5/h7-14,16,20H,6,15H2,1-5H3/b17-14-/t16-,20-,26+/m0/s1. The second kappa shape index (κ2) is 8.85. The van der Waals surface area contributed by atoms with Crippen molar-refractivity contribution in [3.63, 3.8) is 0 Å². The van der Waals surface area contributed by atoms with Gasteiger partial charge in [0, 0.05) is 30.6 Å². The third-order valence-corrected chi connectivity index (χ3v) is 6.05. The molecule has 1 aromatic carbocycles. The summed E-state index contributed by atoms with van der Waals surface area (Å²) in [7, 11) is 1.47. The number of fused-ring (bicyclic) bond motifs is 5. The first kappa shape index (κ1) is 23.9. The maximum Gasteiger partial charge on any atom is 0.334 e. The number of nitrogens with zero attached hydrogens (tertiary/aromatic N) is 1. The molecule has 180 valence electrons. The van der Waals surface area contributed by atoms with Crippen molar-refractivity contribution in [3.05, 3.63) is 65.3 Å². The molecule has 0 N–H and O–H groups in total. The Labute approximate surface area is 198 Å². The zero-order valence-electron chi connectivity index (χ0n) is 20.0. The summed E-state index contributed by atoms with van der Waals surface area (Å²) in [6.07, 6.45) is 6.75. The van der Waals surface area contributed by atoms with Gasteiger partial charge in [-0.2, -0.15) is 5.06 Å². The number of ether oxygens (including phenoxy) is 3. The summed E-state index contributed by atoms with van der Waals surface area (Å²) in [5, 5.41) is 1.23. The van der Waals surface area contributed by atoms with Gasteiger partial charge in [-0.15, -0.1) is 0 Å². The van der Waals surface area contributed by atoms with Crippen molar-refractivity contribution >= 4 is 23.5 Å². The zero-order valence-corrected chi connectivity index (χ0v) is 20.0. The van der Waals surface area contributed by atoms with Crippen molar-refractivity contribution in [1.29, 1.82) is 0 Å². The number of para-hydroxylation sites is 1. The Kier molecular flexibility index (Phi) is 6.22. The monoisotopic (exact) mass is 467 g/mol. The van der Waals surface area contributed by atoms with Crippen molar-refractivity contribution in [3.8, 4) is 0 Å². The van der Waals surface area contributed by atoms with Gasteiger partial charge in [0.2, 0.25) is 0 Å². The van der Waals surface area contributed by atoms with Crippen LogP contribution in [0.5, 0.6) is 0 Å². The molecule has 1 spiro atoms. The summed E-state index contributed by atoms with van der Waals surface area (Å²) < 4.78 is 15.8. The van der Waals surface area contributed by atoms with E-state index in [1.807, 2.05) is 24.3 Å². The van der Waals surface area contributed by atoms with E-state index >= 15 is 0 Å². The third-order valence-electron chi connectivity index (χ3n) is 6.05. The summed E-state index contributed by atoms with van der Waals surface area (Å²) in [4.78, 5) is 45.1. The van der Waals surface area contributed by atoms with Crippen molar-refractivity contribution in [2.24, 2.45) is 11.8 Å². The average molecular weight is 468 g/mol. The van der Waals surface area contributed by atoms with E-state index in [0.717, 1.165) is 0 Å². The molecule has 1 aliphatic heterocycles. The molecule has 0 radical (unpaired) electrons. The highest BCUT2D eigenvalue weighted by atomic mass is 16.8. The quantitative estimate of drug-likeness (QED) is 0.274. The summed E-state index contributed by atoms with van der Waals surface area (Å²) in [6, 6.07) is 7.31. The predicted molar refractivity (Wildman–Crippen MR) is 123 cm³/mol. The number of methoxy groups -OCH3 is 1. The molecule has 2 aliphatic carbocycles. The van der Waals surface area contributed by atoms with E-state index in [0.29, 0.717) is 22.4 Å². The highest BCUT2D eigenvalue weighted by molar-refractivity contribution is 6.10. The fourth-order valence-corrected chi connectivity index (χ4v) is 4.86. The fraction of sp³-hybridized carbons (Fsp3) is 0.423. The molecule has 1 amide bonds. The lowest BCUT2D eigenvalue weighted by molar-refractivity contribution is -0.148. The molecule has 4 rings (SSSR count). The Hall–Kier alpha value is -3.23. The Morgan fingerprint density at radius 1 is 1.21 bits per heavy atom. The number of benzene rings is 1. The largest absolute Gasteiger partial charge is 0.463 e. The van der Waals surface area contributed by atoms with Crippen LogP contribution < -0.4 is 5.06 Å². The van der Waals surface area contributed by atoms with Crippen molar-refractivity contribution in [2.75, 3.05) is 25.6 Å². The molecule has 0 aromatic heterocycles. The number of anilines is 1. The number of hydrogen-bond acceptors (Lipinski definition) is 7. The van der Waals surface area contributed by atoms with Gasteiger partial charge < -0.3 is 14.2 Å². The topological polar surface area (TPSA) is 91.4 Å². The van der Waals surface area contributed by atoms with Gasteiger partial charge in [0.25, 0.3) is 5.91 Å². The van der Waals surface area contributed by atoms with E-state index in [1.54, 1.807) is 45.9 Å². The molecule has 0 saturated heterocycles. The van der Waals surface area contributed by atoms with E-state index in [4.69, 9.17) is 19.0 Å². The molecule has 1 heterocycles. The van der Waals surface area contributed by atoms with Crippen molar-refractivity contribution in [1.82, 2.24) is 0 Å². The number of esters is 2. The van der Waals surface area contributed by atoms with Gasteiger partial charge in [-0.25, -0.2) is 14.4 Å². The zero-order chi connectivity index (χ0) is 24.7. The maximum absolute atomic E-state index is 13.9. The SMILES string of the molecule is CCOC(=O)C1=C[C@H]2/C(=C\C(=O)OC(C)(C)C)[C@@H]1C=C[C@]21C(=O)N(OCOC)c2ccccc21. The predicted octanol–water partition coefficient (Wildman–Crippen LogP) is 3.38. The third kappa shape index (κ3) is 3.86. The van der Waals surface area contributed by atoms with Crippen molar-refractivity contribution in [2.45, 2.75) is 38.7 Å². The van der Waals surface area contributed by atoms with Gasteiger partial charge in [0.15, 0.2) is 6.79 Å². The number of amides is 1. The Morgan fingerprint density at radius 2 is 1.94 bits per heavy atom. The Morgan fingerprint density at radius 3 is 2.62 bits per heavy atom. The molecule has 0 unspecified atom stereocenters. The molecular formula is C26H29NO7. The van der Waals surface area contributed by atoms with Gasteiger partial charge in [-0.3, -0.25) is 4.79 Å². The minimum atomic E-state index is -1.19. The van der Waals surface area contributed by atoms with E-state index < -0.39 is 34.8 Å². The van der Waals surface area contributed by atoms with E-state index in [-0.39, 0.29) is 19.3 Å². The molecule has 8 heteroatoms. The first-order valence-corrected chi connectivity index (χ1v) is 11.2. The van der Waals surface area contributed by atoms with Gasteiger partial charge in [0.1, 0.15) is 11.0 Å². The number of rotatable bonds is 6. The minimum Gasteiger partial charge on any atom is -0.463 e. The second-order valence-corrected chi connectivity index (χ2v) is 9.36. The van der Waals surface area contributed by atoms with Crippen LogP contribution in [0.2, 0.25) is 0 Å². The first-order valence-electron chi connectivity index (χ1n) is 11.2. The molecule has 8 nitrogen and oxygen atoms in total. The lowest BCUT2D eigenvalue weighted by Crippen LogP contribution is -2.45. The molecule has 3 atom stereocenters. The van der Waals surface area contributed by atoms with Crippen LogP contribution in [0.3, 0.4) is 0 Å². The lowest BCUT2D eigenvalue weighted by Gasteiger charge is -2.36. The highest BCUT2D eigenvalue weighted by Crippen LogP contribution is 2.57. The summed E-state index contributed by atoms with van der Waals surface area (Å²) in [5.41, 5.74) is 0.429. The van der Waals surface area contributed by atoms with Crippen LogP contribution in [-0.4, -0.2) is 44.0 Å². The molecule has 0 saturated carbocycles. The van der Waals surface area contributed by atoms with Crippen LogP contribution in [0.25, 0.3) is 0 Å². The Balaban J connectivity index is 1.86. The molecular weight excluding hydrogens is 438 g/mol. The maximum atomic E-state index is 13.9. The highest BCUT2D eigenvalue weighted by Gasteiger charge is 2.60. The molecule has 0 fully saturated rings. The summed E-state index contributed by atoms with van der Waals surface area (Å²) >= 11 is 0. The van der Waals surface area contributed by atoms with Gasteiger partial charge in [0.05, 0.1) is 12.3 Å². The van der Waals surface area contributed by atoms with E-state index in [2.05, 4.69) is 0 Å². The molecule has 3 aliphatic rings. The van der Waals surface area contributed by atoms with Gasteiger partial charge in [-0.1, -0.05) is 36.4 Å². The van der Waals surface area contributed by atoms with Crippen LogP contribution >= 0.6 is 0 Å². The van der Waals surface area contributed by atoms with Crippen LogP contribution in [0.4, 0.5) is 5.69 Å². The summed E-state index contributed by atoms with van der Waals surface area (Å²) in [5.74, 6) is -2.43. The van der Waals surface area contributed by atoms with E-state index in [9.17, 15) is 14.4 Å². The number of allylic oxidation sites excluding steroid dienone is 3. The van der Waals surface area contributed by atoms with Crippen LogP contribution in [-0.2, 0) is 38.8 Å². The summed E-state index contributed by atoms with van der Waals surface area (Å²) in [6.45, 7) is 7.18. The lowest BCUT2D eigenvalue weighted by atomic mass is 9.65. The van der Waals surface area contributed by atoms with Crippen LogP contribution in [0.15, 0.2) is 59.7 Å². The normalized spacial score (nSPS) is 26.1. The number of carbonyl (C=O) groups excluding carboxylic acids is 3. The molecule has 2 bridgehead atoms. The Bertz CT molecular complexity index is 1110. The minimum absolute atomic E-state index is 0.113. The number of hydrogen-bond donors (Lipinski definition) is 0. The van der Waals surface area contributed by atoms with Gasteiger partial charge in [-0.05, 0) is 44.9 Å². The van der Waals surface area contributed by atoms with Crippen LogP contribution in [0.1, 0.15) is 33.3 Å². The smallest absolute Gasteiger partial charge is 0.334 e. The average Bonchev–Trinajstić information content (AvgIpc) is 3.14. The van der Waals surface area contributed by atoms with Crippen LogP contribution in [0, 0.1) is 11.8 Å². The second-order valence-electron chi connectivity index (χ2n) is 9.36. The van der Waals surface area contributed by atoms with E-state index in [1.165, 1.54) is 18.2 Å². The number of hydroxylamine groups is 1. The van der Waals surface area contributed by atoms with Gasteiger partial charge >= 0.3 is 11.9 Å².